The summed E-state index contributed by atoms with van der Waals surface area (Å²) >= 11 is 6.20. The van der Waals surface area contributed by atoms with Crippen molar-refractivity contribution in [3.8, 4) is 0 Å². The van der Waals surface area contributed by atoms with Crippen molar-refractivity contribution in [3.05, 3.63) is 0 Å². The Bertz CT molecular complexity index is 55.8. The Labute approximate surface area is 79.4 Å². The van der Waals surface area contributed by atoms with Crippen LogP contribution in [0.25, 0.3) is 0 Å². The normalized spacial score (nSPS) is 10.7. The molecule has 0 saturated heterocycles. The van der Waals surface area contributed by atoms with Crippen LogP contribution in [0.15, 0.2) is 0 Å². The van der Waals surface area contributed by atoms with Gasteiger partial charge >= 0.3 is 22.4 Å². The van der Waals surface area contributed by atoms with E-state index in [1.54, 1.807) is 0 Å². The average Bonchev–Trinajstić information content (AvgIpc) is 1.87. The van der Waals surface area contributed by atoms with Gasteiger partial charge in [0.1, 0.15) is 6.62 Å². The number of hydrogen-bond donors (Lipinski definition) is 0. The fourth-order valence-corrected chi connectivity index (χ4v) is 2.01. The molecule has 0 atom stereocenters. The molecule has 0 amide bonds. The maximum Gasteiger partial charge on any atom is 1.00 e. The molecule has 0 aromatic rings. The summed E-state index contributed by atoms with van der Waals surface area (Å²) in [5.74, 6) is 0. The summed E-state index contributed by atoms with van der Waals surface area (Å²) < 4.78 is 0. The Kier molecular flexibility index (Phi) is 8.99. The van der Waals surface area contributed by atoms with Gasteiger partial charge in [0, 0.05) is 0 Å². The van der Waals surface area contributed by atoms with Crippen LogP contribution < -0.4 is 0 Å². The van der Waals surface area contributed by atoms with E-state index in [0.717, 1.165) is 0 Å². The fourth-order valence-electron chi connectivity index (χ4n) is 0.671. The molecule has 60 valence electrons. The number of rotatable bonds is 3. The van der Waals surface area contributed by atoms with E-state index < -0.39 is 6.62 Å². The summed E-state index contributed by atoms with van der Waals surface area (Å²) in [4.78, 5) is 0. The second-order valence-corrected chi connectivity index (χ2v) is 8.09. The smallest absolute Gasteiger partial charge is 0.0297 e. The van der Waals surface area contributed by atoms with Gasteiger partial charge in [0.25, 0.3) is 0 Å². The molecule has 0 aliphatic carbocycles. The summed E-state index contributed by atoms with van der Waals surface area (Å²) in [5, 5.41) is 0. The van der Waals surface area contributed by atoms with Gasteiger partial charge in [-0.3, -0.25) is 0 Å². The van der Waals surface area contributed by atoms with Crippen molar-refractivity contribution in [1.82, 2.24) is 0 Å². The maximum absolute atomic E-state index is 6.20. The van der Waals surface area contributed by atoms with Crippen LogP contribution in [0.2, 0.25) is 0 Å². The molecular formula is C6H15AuClP+2. The van der Waals surface area contributed by atoms with Crippen LogP contribution in [0.5, 0.6) is 0 Å². The van der Waals surface area contributed by atoms with Gasteiger partial charge in [0.05, 0.1) is 29.7 Å². The molecule has 0 spiro atoms. The van der Waals surface area contributed by atoms with Crippen LogP contribution in [0.3, 0.4) is 0 Å². The number of halogens is 1. The zero-order valence-corrected chi connectivity index (χ0v) is 10.1. The van der Waals surface area contributed by atoms with E-state index in [9.17, 15) is 0 Å². The molecule has 0 fully saturated rings. The third-order valence-electron chi connectivity index (χ3n) is 1.70. The molecule has 0 rings (SSSR count). The summed E-state index contributed by atoms with van der Waals surface area (Å²) in [6, 6.07) is 0. The summed E-state index contributed by atoms with van der Waals surface area (Å²) in [7, 11) is 0. The van der Waals surface area contributed by atoms with Gasteiger partial charge in [0.15, 0.2) is 0 Å². The van der Waals surface area contributed by atoms with E-state index in [2.05, 4.69) is 20.8 Å². The molecule has 0 saturated carbocycles. The van der Waals surface area contributed by atoms with Crippen molar-refractivity contribution < 1.29 is 22.4 Å². The van der Waals surface area contributed by atoms with E-state index in [-0.39, 0.29) is 22.4 Å². The predicted molar refractivity (Wildman–Crippen MR) is 44.4 cm³/mol. The Balaban J connectivity index is 0. The van der Waals surface area contributed by atoms with Crippen LogP contribution in [-0.2, 0) is 22.4 Å². The third kappa shape index (κ3) is 4.81. The van der Waals surface area contributed by atoms with Gasteiger partial charge in [-0.1, -0.05) is 0 Å². The summed E-state index contributed by atoms with van der Waals surface area (Å²) in [6.07, 6.45) is 3.59. The minimum absolute atomic E-state index is 0. The van der Waals surface area contributed by atoms with Gasteiger partial charge in [-0.2, -0.15) is 0 Å². The van der Waals surface area contributed by atoms with Crippen LogP contribution in [0.4, 0.5) is 0 Å². The van der Waals surface area contributed by atoms with E-state index in [1.807, 2.05) is 0 Å². The molecule has 9 heavy (non-hydrogen) atoms. The standard InChI is InChI=1S/C6H15ClP.Au/c1-4-8(7,5-2)6-3;/h4-6H2,1-3H3;/q2*+1. The minimum atomic E-state index is -0.940. The quantitative estimate of drug-likeness (QED) is 0.542. The first-order chi connectivity index (χ1) is 3.68. The third-order valence-corrected chi connectivity index (χ3v) is 7.25. The molecule has 0 heterocycles. The molecule has 0 bridgehead atoms. The van der Waals surface area contributed by atoms with Crippen LogP contribution in [0.1, 0.15) is 20.8 Å². The van der Waals surface area contributed by atoms with Crippen molar-refractivity contribution in [2.24, 2.45) is 0 Å². The first-order valence-electron chi connectivity index (χ1n) is 3.24. The van der Waals surface area contributed by atoms with Crippen LogP contribution in [0, 0.1) is 0 Å². The van der Waals surface area contributed by atoms with Gasteiger partial charge in [-0.15, -0.1) is 0 Å². The first-order valence-corrected chi connectivity index (χ1v) is 6.49. The van der Waals surface area contributed by atoms with Gasteiger partial charge in [0.2, 0.25) is 0 Å². The summed E-state index contributed by atoms with van der Waals surface area (Å²) in [6.45, 7) is 5.62. The van der Waals surface area contributed by atoms with Gasteiger partial charge < -0.3 is 0 Å². The SMILES string of the molecule is CC[P+](Cl)(CC)CC.[Au+]. The zero-order chi connectivity index (χ0) is 6.62. The molecular weight excluding hydrogens is 335 g/mol. The van der Waals surface area contributed by atoms with Crippen molar-refractivity contribution in [3.63, 3.8) is 0 Å². The molecule has 0 aliphatic rings. The topological polar surface area (TPSA) is 0 Å². The van der Waals surface area contributed by atoms with Crippen molar-refractivity contribution in [2.75, 3.05) is 18.5 Å². The first kappa shape index (κ1) is 13.1. The largest absolute Gasteiger partial charge is 1.00 e. The van der Waals surface area contributed by atoms with E-state index in [0.29, 0.717) is 0 Å². The predicted octanol–water partition coefficient (Wildman–Crippen LogP) is 3.22. The van der Waals surface area contributed by atoms with Crippen molar-refractivity contribution in [2.45, 2.75) is 20.8 Å². The van der Waals surface area contributed by atoms with Gasteiger partial charge in [-0.05, 0) is 20.8 Å². The molecule has 0 aromatic carbocycles. The zero-order valence-electron chi connectivity index (χ0n) is 6.25. The molecule has 0 N–H and O–H groups in total. The van der Waals surface area contributed by atoms with Crippen molar-refractivity contribution in [1.29, 1.82) is 0 Å². The second-order valence-electron chi connectivity index (χ2n) is 1.98. The van der Waals surface area contributed by atoms with E-state index in [1.165, 1.54) is 18.5 Å². The fraction of sp³-hybridized carbons (Fsp3) is 1.00. The molecule has 0 nitrogen and oxygen atoms in total. The van der Waals surface area contributed by atoms with Gasteiger partial charge in [-0.25, -0.2) is 0 Å². The molecule has 0 aromatic heterocycles. The Morgan fingerprint density at radius 3 is 1.22 bits per heavy atom. The average molecular weight is 351 g/mol. The molecule has 0 radical (unpaired) electrons. The molecule has 3 heteroatoms. The number of hydrogen-bond acceptors (Lipinski definition) is 0. The monoisotopic (exact) mass is 350 g/mol. The Morgan fingerprint density at radius 2 is 1.22 bits per heavy atom. The molecule has 0 unspecified atom stereocenters. The molecule has 0 aliphatic heterocycles. The second kappa shape index (κ2) is 6.19. The van der Waals surface area contributed by atoms with Crippen molar-refractivity contribution >= 4 is 17.9 Å². The summed E-state index contributed by atoms with van der Waals surface area (Å²) in [5.41, 5.74) is 0. The Hall–Kier alpha value is 1.46. The maximum atomic E-state index is 6.20. The van der Waals surface area contributed by atoms with Crippen LogP contribution >= 0.6 is 17.9 Å². The van der Waals surface area contributed by atoms with E-state index >= 15 is 0 Å². The minimum Gasteiger partial charge on any atom is -0.0297 e. The van der Waals surface area contributed by atoms with Crippen LogP contribution in [-0.4, -0.2) is 18.5 Å². The van der Waals surface area contributed by atoms with E-state index in [4.69, 9.17) is 11.2 Å². The Morgan fingerprint density at radius 1 is 1.00 bits per heavy atom.